The molecule has 0 aliphatic rings. The van der Waals surface area contributed by atoms with Crippen molar-refractivity contribution >= 4 is 17.9 Å². The Morgan fingerprint density at radius 3 is 2.64 bits per heavy atom. The van der Waals surface area contributed by atoms with Gasteiger partial charge in [-0.1, -0.05) is 6.08 Å². The average Bonchev–Trinajstić information content (AvgIpc) is 2.03. The molecule has 0 radical (unpaired) electrons. The van der Waals surface area contributed by atoms with E-state index in [2.05, 4.69) is 6.58 Å². The van der Waals surface area contributed by atoms with Crippen LogP contribution in [0.4, 0.5) is 0 Å². The average molecular weight is 175 g/mol. The lowest BCUT2D eigenvalue weighted by atomic mass is 10.0. The lowest BCUT2D eigenvalue weighted by Crippen LogP contribution is -2.02. The summed E-state index contributed by atoms with van der Waals surface area (Å²) in [5.41, 5.74) is 0. The van der Waals surface area contributed by atoms with Crippen LogP contribution in [0, 0.1) is 5.92 Å². The Labute approximate surface area is 73.4 Å². The van der Waals surface area contributed by atoms with Gasteiger partial charge in [0, 0.05) is 11.8 Å². The normalized spacial score (nSPS) is 12.5. The van der Waals surface area contributed by atoms with Crippen LogP contribution in [0.3, 0.4) is 0 Å². The van der Waals surface area contributed by atoms with Gasteiger partial charge in [0.15, 0.2) is 0 Å². The molecule has 64 valence electrons. The fourth-order valence-electron chi connectivity index (χ4n) is 0.945. The van der Waals surface area contributed by atoms with Crippen LogP contribution in [0.1, 0.15) is 25.7 Å². The van der Waals surface area contributed by atoms with Crippen LogP contribution in [0.15, 0.2) is 12.7 Å². The summed E-state index contributed by atoms with van der Waals surface area (Å²) in [6.07, 6.45) is 6.68. The molecule has 0 aromatic heterocycles. The number of hydrogen-bond donors (Lipinski definition) is 0. The summed E-state index contributed by atoms with van der Waals surface area (Å²) in [5, 5.41) is 0. The number of allylic oxidation sites excluding steroid dienone is 1. The maximum atomic E-state index is 10.4. The molecule has 1 atom stereocenters. The molecule has 0 aliphatic carbocycles. The number of hydrogen-bond acceptors (Lipinski definition) is 1. The summed E-state index contributed by atoms with van der Waals surface area (Å²) in [7, 11) is 0. The Hall–Kier alpha value is -0.300. The summed E-state index contributed by atoms with van der Waals surface area (Å²) in [6.45, 7) is 3.61. The second-order valence-corrected chi connectivity index (χ2v) is 2.97. The second kappa shape index (κ2) is 7.80. The SMILES string of the molecule is C=CCCCC(C=O)CCCl. The zero-order valence-corrected chi connectivity index (χ0v) is 7.52. The lowest BCUT2D eigenvalue weighted by molar-refractivity contribution is -0.111. The van der Waals surface area contributed by atoms with Gasteiger partial charge in [0.25, 0.3) is 0 Å². The van der Waals surface area contributed by atoms with E-state index in [-0.39, 0.29) is 5.92 Å². The summed E-state index contributed by atoms with van der Waals surface area (Å²) in [5.74, 6) is 0.741. The first-order valence-electron chi connectivity index (χ1n) is 3.97. The first-order chi connectivity index (χ1) is 5.35. The van der Waals surface area contributed by atoms with E-state index in [0.717, 1.165) is 32.0 Å². The van der Waals surface area contributed by atoms with E-state index in [9.17, 15) is 4.79 Å². The molecule has 0 aliphatic heterocycles. The fraction of sp³-hybridized carbons (Fsp3) is 0.667. The van der Waals surface area contributed by atoms with E-state index in [1.165, 1.54) is 0 Å². The van der Waals surface area contributed by atoms with Crippen molar-refractivity contribution in [2.45, 2.75) is 25.7 Å². The van der Waals surface area contributed by atoms with Crippen molar-refractivity contribution in [3.8, 4) is 0 Å². The van der Waals surface area contributed by atoms with Crippen LogP contribution in [-0.4, -0.2) is 12.2 Å². The molecule has 0 saturated carbocycles. The molecule has 1 nitrogen and oxygen atoms in total. The van der Waals surface area contributed by atoms with Crippen LogP contribution in [0.5, 0.6) is 0 Å². The Morgan fingerprint density at radius 2 is 2.18 bits per heavy atom. The summed E-state index contributed by atoms with van der Waals surface area (Å²) in [6, 6.07) is 0. The van der Waals surface area contributed by atoms with E-state index < -0.39 is 0 Å². The Balaban J connectivity index is 3.34. The largest absolute Gasteiger partial charge is 0.303 e. The van der Waals surface area contributed by atoms with Crippen molar-refractivity contribution < 1.29 is 4.79 Å². The summed E-state index contributed by atoms with van der Waals surface area (Å²) in [4.78, 5) is 10.4. The highest BCUT2D eigenvalue weighted by molar-refractivity contribution is 6.17. The van der Waals surface area contributed by atoms with Gasteiger partial charge in [-0.05, 0) is 25.7 Å². The topological polar surface area (TPSA) is 17.1 Å². The number of rotatable bonds is 7. The Kier molecular flexibility index (Phi) is 7.59. The smallest absolute Gasteiger partial charge is 0.123 e. The van der Waals surface area contributed by atoms with Crippen molar-refractivity contribution in [3.63, 3.8) is 0 Å². The lowest BCUT2D eigenvalue weighted by Gasteiger charge is -2.05. The monoisotopic (exact) mass is 174 g/mol. The van der Waals surface area contributed by atoms with Gasteiger partial charge in [-0.3, -0.25) is 0 Å². The molecule has 0 aromatic rings. The number of carbonyl (C=O) groups is 1. The van der Waals surface area contributed by atoms with Crippen molar-refractivity contribution in [1.82, 2.24) is 0 Å². The molecule has 0 amide bonds. The van der Waals surface area contributed by atoms with E-state index in [1.807, 2.05) is 6.08 Å². The van der Waals surface area contributed by atoms with Crippen LogP contribution in [0.2, 0.25) is 0 Å². The first kappa shape index (κ1) is 10.7. The maximum absolute atomic E-state index is 10.4. The Morgan fingerprint density at radius 1 is 1.45 bits per heavy atom. The minimum Gasteiger partial charge on any atom is -0.303 e. The molecule has 0 bridgehead atoms. The quantitative estimate of drug-likeness (QED) is 0.251. The molecule has 0 saturated heterocycles. The third kappa shape index (κ3) is 6.11. The maximum Gasteiger partial charge on any atom is 0.123 e. The number of halogens is 1. The van der Waals surface area contributed by atoms with Crippen molar-refractivity contribution in [2.24, 2.45) is 5.92 Å². The Bertz CT molecular complexity index is 112. The predicted octanol–water partition coefficient (Wildman–Crippen LogP) is 2.79. The van der Waals surface area contributed by atoms with E-state index in [1.54, 1.807) is 0 Å². The van der Waals surface area contributed by atoms with Gasteiger partial charge >= 0.3 is 0 Å². The highest BCUT2D eigenvalue weighted by Crippen LogP contribution is 2.10. The van der Waals surface area contributed by atoms with E-state index in [0.29, 0.717) is 5.88 Å². The second-order valence-electron chi connectivity index (χ2n) is 2.59. The van der Waals surface area contributed by atoms with E-state index in [4.69, 9.17) is 11.6 Å². The van der Waals surface area contributed by atoms with Crippen LogP contribution in [-0.2, 0) is 4.79 Å². The van der Waals surface area contributed by atoms with Crippen molar-refractivity contribution in [3.05, 3.63) is 12.7 Å². The molecular formula is C9H15ClO. The van der Waals surface area contributed by atoms with Crippen LogP contribution in [0.25, 0.3) is 0 Å². The molecule has 0 rings (SSSR count). The van der Waals surface area contributed by atoms with Gasteiger partial charge < -0.3 is 4.79 Å². The zero-order chi connectivity index (χ0) is 8.53. The molecular weight excluding hydrogens is 160 g/mol. The van der Waals surface area contributed by atoms with Gasteiger partial charge in [0.1, 0.15) is 6.29 Å². The molecule has 11 heavy (non-hydrogen) atoms. The molecule has 0 N–H and O–H groups in total. The van der Waals surface area contributed by atoms with Gasteiger partial charge in [0.05, 0.1) is 0 Å². The fourth-order valence-corrected chi connectivity index (χ4v) is 1.23. The highest BCUT2D eigenvalue weighted by atomic mass is 35.5. The molecule has 0 fully saturated rings. The van der Waals surface area contributed by atoms with Gasteiger partial charge in [-0.25, -0.2) is 0 Å². The van der Waals surface area contributed by atoms with Crippen molar-refractivity contribution in [1.29, 1.82) is 0 Å². The zero-order valence-electron chi connectivity index (χ0n) is 6.76. The van der Waals surface area contributed by atoms with Crippen molar-refractivity contribution in [2.75, 3.05) is 5.88 Å². The standard InChI is InChI=1S/C9H15ClO/c1-2-3-4-5-9(8-11)6-7-10/h2,8-9H,1,3-7H2. The number of aldehydes is 1. The summed E-state index contributed by atoms with van der Waals surface area (Å²) >= 11 is 5.51. The molecule has 0 heterocycles. The van der Waals surface area contributed by atoms with Gasteiger partial charge in [-0.2, -0.15) is 0 Å². The van der Waals surface area contributed by atoms with E-state index >= 15 is 0 Å². The van der Waals surface area contributed by atoms with Crippen LogP contribution < -0.4 is 0 Å². The highest BCUT2D eigenvalue weighted by Gasteiger charge is 2.04. The molecule has 1 unspecified atom stereocenters. The minimum atomic E-state index is 0.160. The number of carbonyl (C=O) groups excluding carboxylic acids is 1. The number of alkyl halides is 1. The van der Waals surface area contributed by atoms with Crippen LogP contribution >= 0.6 is 11.6 Å². The third-order valence-corrected chi connectivity index (χ3v) is 1.87. The number of unbranched alkanes of at least 4 members (excludes halogenated alkanes) is 1. The molecule has 0 spiro atoms. The van der Waals surface area contributed by atoms with Gasteiger partial charge in [-0.15, -0.1) is 18.2 Å². The molecule has 0 aromatic carbocycles. The third-order valence-electron chi connectivity index (χ3n) is 1.66. The predicted molar refractivity (Wildman–Crippen MR) is 48.9 cm³/mol. The van der Waals surface area contributed by atoms with Gasteiger partial charge in [0.2, 0.25) is 0 Å². The molecule has 2 heteroatoms. The first-order valence-corrected chi connectivity index (χ1v) is 4.50. The summed E-state index contributed by atoms with van der Waals surface area (Å²) < 4.78 is 0. The minimum absolute atomic E-state index is 0.160.